The zero-order chi connectivity index (χ0) is 84.1. The molecule has 592 valence electrons. The summed E-state index contributed by atoms with van der Waals surface area (Å²) in [6.07, 6.45) is 7.17. The zero-order valence-corrected chi connectivity index (χ0v) is 69.1. The molecule has 2 heterocycles. The average Bonchev–Trinajstić information content (AvgIpc) is 1.51. The van der Waals surface area contributed by atoms with Gasteiger partial charge in [-0.25, -0.2) is 19.9 Å². The topological polar surface area (TPSA) is 73.3 Å². The normalized spacial score (nSPS) is 12.7. The SMILES string of the molecule is [B]c1cc2c3ccccc3c(N(c3ccccc3)c3ncccn3)cc2c2ccccc12.c1ccc(N(c2ncccn2)c2cc3c4ccccc4c(N(c4ccccc4)c4cccc5c4-c4ccccc4C54c5ccccc5-c5ccccc54)cc3c3ccccc23)cc1.c1ccc(Nc2cccc3c2-c2ccccc2C32c3ccccc3-c3ccccc32)cc1. The Labute approximate surface area is 737 Å². The number of benzene rings is 20. The number of anilines is 11. The fraction of sp³-hybridized carbons (Fsp3) is 0.0169. The lowest BCUT2D eigenvalue weighted by molar-refractivity contribution is 0.794. The minimum absolute atomic E-state index is 0.284. The summed E-state index contributed by atoms with van der Waals surface area (Å²) < 4.78 is 0. The van der Waals surface area contributed by atoms with E-state index in [1.807, 2.05) is 54.9 Å². The molecular weight excluding hydrogens is 1540 g/mol. The molecule has 0 bridgehead atoms. The molecule has 127 heavy (non-hydrogen) atoms. The highest BCUT2D eigenvalue weighted by molar-refractivity contribution is 6.42. The fourth-order valence-corrected chi connectivity index (χ4v) is 21.3. The zero-order valence-electron chi connectivity index (χ0n) is 69.1. The van der Waals surface area contributed by atoms with Gasteiger partial charge in [-0.3, -0.25) is 9.80 Å². The summed E-state index contributed by atoms with van der Waals surface area (Å²) in [5, 5.41) is 17.4. The molecule has 2 aromatic heterocycles. The number of aromatic nitrogens is 4. The second-order valence-corrected chi connectivity index (χ2v) is 32.8. The predicted molar refractivity (Wildman–Crippen MR) is 527 cm³/mol. The third-order valence-corrected chi connectivity index (χ3v) is 26.3. The lowest BCUT2D eigenvalue weighted by Gasteiger charge is -2.32. The summed E-state index contributed by atoms with van der Waals surface area (Å²) in [7, 11) is 6.46. The number of hydrogen-bond donors (Lipinski definition) is 1. The van der Waals surface area contributed by atoms with Crippen molar-refractivity contribution in [2.45, 2.75) is 10.8 Å². The van der Waals surface area contributed by atoms with E-state index in [1.54, 1.807) is 12.4 Å². The Morgan fingerprint density at radius 2 is 0.488 bits per heavy atom. The monoisotopic (exact) mass is 1620 g/mol. The molecule has 0 saturated carbocycles. The maximum absolute atomic E-state index is 6.46. The first-order chi connectivity index (χ1) is 63.0. The van der Waals surface area contributed by atoms with Gasteiger partial charge in [-0.2, -0.15) is 0 Å². The van der Waals surface area contributed by atoms with Crippen LogP contribution in [0.1, 0.15) is 44.5 Å². The number of para-hydroxylation sites is 4. The van der Waals surface area contributed by atoms with Crippen LogP contribution in [0.2, 0.25) is 0 Å². The van der Waals surface area contributed by atoms with Crippen molar-refractivity contribution in [3.63, 3.8) is 0 Å². The Morgan fingerprint density at radius 3 is 0.898 bits per heavy atom. The highest BCUT2D eigenvalue weighted by atomic mass is 15.3. The molecule has 1 N–H and O–H groups in total. The van der Waals surface area contributed by atoms with Gasteiger partial charge in [-0.05, 0) is 217 Å². The van der Waals surface area contributed by atoms with Gasteiger partial charge in [0.2, 0.25) is 11.9 Å². The van der Waals surface area contributed by atoms with Crippen LogP contribution in [0.5, 0.6) is 0 Å². The molecular formula is C118H77BN8. The van der Waals surface area contributed by atoms with Crippen LogP contribution < -0.4 is 25.5 Å². The van der Waals surface area contributed by atoms with Gasteiger partial charge in [0.25, 0.3) is 0 Å². The summed E-state index contributed by atoms with van der Waals surface area (Å²) >= 11 is 0. The van der Waals surface area contributed by atoms with Crippen LogP contribution in [-0.2, 0) is 10.8 Å². The lowest BCUT2D eigenvalue weighted by atomic mass is 9.70. The van der Waals surface area contributed by atoms with E-state index in [4.69, 9.17) is 17.8 Å². The molecule has 26 rings (SSSR count). The van der Waals surface area contributed by atoms with Crippen molar-refractivity contribution in [1.82, 2.24) is 19.9 Å². The van der Waals surface area contributed by atoms with Crippen molar-refractivity contribution in [3.05, 3.63) is 506 Å². The number of nitrogens with zero attached hydrogens (tertiary/aromatic N) is 7. The van der Waals surface area contributed by atoms with Crippen LogP contribution in [0.4, 0.5) is 63.1 Å². The van der Waals surface area contributed by atoms with E-state index >= 15 is 0 Å². The van der Waals surface area contributed by atoms with Crippen LogP contribution in [0, 0.1) is 0 Å². The molecule has 0 amide bonds. The van der Waals surface area contributed by atoms with Gasteiger partial charge < -0.3 is 10.2 Å². The number of fused-ring (bicyclic) bond motifs is 30. The van der Waals surface area contributed by atoms with Gasteiger partial charge in [0, 0.05) is 80.5 Å². The Kier molecular flexibility index (Phi) is 17.8. The molecule has 0 fully saturated rings. The summed E-state index contributed by atoms with van der Waals surface area (Å²) in [6.45, 7) is 0. The Bertz CT molecular complexity index is 7920. The van der Waals surface area contributed by atoms with E-state index in [-0.39, 0.29) is 5.41 Å². The minimum atomic E-state index is -0.456. The molecule has 2 radical (unpaired) electrons. The van der Waals surface area contributed by atoms with Crippen LogP contribution in [0.25, 0.3) is 109 Å². The second-order valence-electron chi connectivity index (χ2n) is 32.8. The largest absolute Gasteiger partial charge is 0.355 e. The van der Waals surface area contributed by atoms with Gasteiger partial charge in [0.05, 0.1) is 33.6 Å². The highest BCUT2D eigenvalue weighted by Crippen LogP contribution is 2.67. The standard InChI is InChI=1S/C59H38N4.C31H21N.C28H18BN3/c1-3-19-39(20-4-1)62(54-34-17-33-53-57(54)47-29-13-16-32-52(47)59(53)50-30-14-11-25-43(50)44-26-12-15-31-51(44)59)55-37-48-42-24-8-10-28-46(42)56(38-49(48)41-23-7-9-27-45(41)55)63(40-21-5-2-6-22-40)58-60-35-18-36-61-58;1-2-11-21(12-3-1)32-29-20-10-19-28-30(29)24-15-6-9-18-27(24)31(28)25-16-7-4-13-22(25)23-14-5-8-17-26(23)31;29-26-17-24-21-12-5-7-14-23(21)27(18-25(24)20-11-4-6-13-22(20)26)32(19-9-2-1-3-10-19)28-30-15-8-16-31-28/h1-38H;1-20,32H;1-18H. The fourth-order valence-electron chi connectivity index (χ4n) is 21.3. The molecule has 0 unspecified atom stereocenters. The van der Waals surface area contributed by atoms with Crippen molar-refractivity contribution in [2.24, 2.45) is 0 Å². The van der Waals surface area contributed by atoms with Crippen LogP contribution in [0.15, 0.2) is 462 Å². The Balaban J connectivity index is 0.000000118. The van der Waals surface area contributed by atoms with Crippen molar-refractivity contribution in [2.75, 3.05) is 20.0 Å². The van der Waals surface area contributed by atoms with Gasteiger partial charge in [0.1, 0.15) is 7.85 Å². The quantitative estimate of drug-likeness (QED) is 0.101. The third-order valence-electron chi connectivity index (χ3n) is 26.3. The smallest absolute Gasteiger partial charge is 0.234 e. The second kappa shape index (κ2) is 30.5. The molecule has 8 nitrogen and oxygen atoms in total. The van der Waals surface area contributed by atoms with E-state index in [0.29, 0.717) is 11.9 Å². The van der Waals surface area contributed by atoms with E-state index < -0.39 is 5.41 Å². The third kappa shape index (κ3) is 11.6. The molecule has 2 spiro atoms. The van der Waals surface area contributed by atoms with Gasteiger partial charge in [-0.15, -0.1) is 0 Å². The molecule has 4 aliphatic rings. The Morgan fingerprint density at radius 1 is 0.205 bits per heavy atom. The lowest BCUT2D eigenvalue weighted by Crippen LogP contribution is -2.26. The summed E-state index contributed by atoms with van der Waals surface area (Å²) in [6, 6.07) is 157. The van der Waals surface area contributed by atoms with Crippen LogP contribution in [-0.4, -0.2) is 27.8 Å². The summed E-state index contributed by atoms with van der Waals surface area (Å²) in [5.41, 5.74) is 30.9. The number of rotatable bonds is 11. The molecule has 20 aromatic carbocycles. The van der Waals surface area contributed by atoms with Gasteiger partial charge >= 0.3 is 0 Å². The first-order valence-electron chi connectivity index (χ1n) is 43.3. The van der Waals surface area contributed by atoms with Crippen molar-refractivity contribution >= 4 is 141 Å². The molecule has 0 atom stereocenters. The molecule has 0 aliphatic heterocycles. The van der Waals surface area contributed by atoms with Crippen molar-refractivity contribution < 1.29 is 0 Å². The van der Waals surface area contributed by atoms with Crippen LogP contribution >= 0.6 is 0 Å². The first-order valence-corrected chi connectivity index (χ1v) is 43.3. The average molecular weight is 1620 g/mol. The molecule has 9 heteroatoms. The maximum atomic E-state index is 6.46. The first kappa shape index (κ1) is 74.2. The van der Waals surface area contributed by atoms with Crippen LogP contribution in [0.3, 0.4) is 0 Å². The number of hydrogen-bond acceptors (Lipinski definition) is 8. The predicted octanol–water partition coefficient (Wildman–Crippen LogP) is 29.2. The minimum Gasteiger partial charge on any atom is -0.355 e. The van der Waals surface area contributed by atoms with E-state index in [1.165, 1.54) is 99.8 Å². The molecule has 4 aliphatic carbocycles. The van der Waals surface area contributed by atoms with E-state index in [2.05, 4.69) is 424 Å². The van der Waals surface area contributed by atoms with Crippen molar-refractivity contribution in [3.8, 4) is 44.5 Å². The summed E-state index contributed by atoms with van der Waals surface area (Å²) in [5.74, 6) is 1.25. The highest BCUT2D eigenvalue weighted by Gasteiger charge is 2.54. The van der Waals surface area contributed by atoms with Crippen molar-refractivity contribution in [1.29, 1.82) is 0 Å². The van der Waals surface area contributed by atoms with Gasteiger partial charge in [0.15, 0.2) is 0 Å². The van der Waals surface area contributed by atoms with E-state index in [9.17, 15) is 0 Å². The molecule has 0 saturated heterocycles. The summed E-state index contributed by atoms with van der Waals surface area (Å²) in [4.78, 5) is 25.6. The maximum Gasteiger partial charge on any atom is 0.234 e. The Hall–Kier alpha value is -16.6. The molecule has 22 aromatic rings. The van der Waals surface area contributed by atoms with E-state index in [0.717, 1.165) is 111 Å². The van der Waals surface area contributed by atoms with Gasteiger partial charge in [-0.1, -0.05) is 351 Å². The number of nitrogens with one attached hydrogen (secondary N) is 1.